The van der Waals surface area contributed by atoms with Gasteiger partial charge in [0.15, 0.2) is 0 Å². The fourth-order valence-electron chi connectivity index (χ4n) is 1.96. The Morgan fingerprint density at radius 2 is 1.81 bits per heavy atom. The van der Waals surface area contributed by atoms with Crippen molar-refractivity contribution in [3.8, 4) is 0 Å². The summed E-state index contributed by atoms with van der Waals surface area (Å²) in [6, 6.07) is 2.66. The van der Waals surface area contributed by atoms with Crippen LogP contribution in [0.25, 0.3) is 0 Å². The molecule has 1 fully saturated rings. The Morgan fingerprint density at radius 1 is 1.24 bits per heavy atom. The molecule has 1 aromatic carbocycles. The van der Waals surface area contributed by atoms with Crippen molar-refractivity contribution in [1.29, 1.82) is 0 Å². The summed E-state index contributed by atoms with van der Waals surface area (Å²) < 4.78 is 37.2. The second-order valence-corrected chi connectivity index (χ2v) is 5.12. The predicted octanol–water partition coefficient (Wildman–Crippen LogP) is 2.69. The fourth-order valence-corrected chi connectivity index (χ4v) is 1.96. The van der Waals surface area contributed by atoms with Crippen molar-refractivity contribution in [1.82, 2.24) is 5.32 Å². The molecular weight excluding hydrogens is 287 g/mol. The number of carboxylic acid groups (broad SMARTS) is 1. The highest BCUT2D eigenvalue weighted by Crippen LogP contribution is 2.33. The summed E-state index contributed by atoms with van der Waals surface area (Å²) in [6.07, 6.45) is -2.23. The van der Waals surface area contributed by atoms with E-state index in [9.17, 15) is 22.8 Å². The summed E-state index contributed by atoms with van der Waals surface area (Å²) in [5.74, 6) is -1.52. The van der Waals surface area contributed by atoms with Gasteiger partial charge in [-0.1, -0.05) is 12.8 Å². The Balaban J connectivity index is 2.03. The smallest absolute Gasteiger partial charge is 0.416 e. The summed E-state index contributed by atoms with van der Waals surface area (Å²) in [6.45, 7) is 0. The van der Waals surface area contributed by atoms with Crippen molar-refractivity contribution in [3.05, 3.63) is 35.4 Å². The van der Waals surface area contributed by atoms with E-state index in [1.165, 1.54) is 0 Å². The minimum absolute atomic E-state index is 0.00467. The zero-order valence-electron chi connectivity index (χ0n) is 11.0. The Kier molecular flexibility index (Phi) is 4.20. The lowest BCUT2D eigenvalue weighted by atomic mass is 10.1. The predicted molar refractivity (Wildman–Crippen MR) is 67.7 cm³/mol. The summed E-state index contributed by atoms with van der Waals surface area (Å²) in [5, 5.41) is 11.4. The van der Waals surface area contributed by atoms with Crippen LogP contribution in [0.5, 0.6) is 0 Å². The van der Waals surface area contributed by atoms with Gasteiger partial charge in [0.1, 0.15) is 6.04 Å². The van der Waals surface area contributed by atoms with Crippen molar-refractivity contribution in [2.24, 2.45) is 5.92 Å². The Bertz CT molecular complexity index is 535. The largest absolute Gasteiger partial charge is 0.480 e. The van der Waals surface area contributed by atoms with Gasteiger partial charge < -0.3 is 10.4 Å². The van der Waals surface area contributed by atoms with Crippen LogP contribution >= 0.6 is 0 Å². The number of carbonyl (C=O) groups is 2. The molecule has 21 heavy (non-hydrogen) atoms. The number of aliphatic carboxylic acids is 1. The second kappa shape index (κ2) is 5.75. The highest BCUT2D eigenvalue weighted by Gasteiger charge is 2.32. The van der Waals surface area contributed by atoms with Crippen molar-refractivity contribution < 1.29 is 27.9 Å². The second-order valence-electron chi connectivity index (χ2n) is 5.12. The Labute approximate surface area is 119 Å². The highest BCUT2D eigenvalue weighted by molar-refractivity contribution is 5.96. The van der Waals surface area contributed by atoms with E-state index in [4.69, 9.17) is 5.11 Å². The van der Waals surface area contributed by atoms with E-state index < -0.39 is 29.7 Å². The van der Waals surface area contributed by atoms with Crippen LogP contribution in [0.15, 0.2) is 24.3 Å². The van der Waals surface area contributed by atoms with E-state index in [0.717, 1.165) is 37.1 Å². The van der Waals surface area contributed by atoms with Crippen molar-refractivity contribution in [3.63, 3.8) is 0 Å². The monoisotopic (exact) mass is 301 g/mol. The Hall–Kier alpha value is -2.05. The first-order chi connectivity index (χ1) is 9.77. The number of benzene rings is 1. The maximum absolute atomic E-state index is 12.4. The van der Waals surface area contributed by atoms with Gasteiger partial charge in [-0.25, -0.2) is 4.79 Å². The summed E-state index contributed by atoms with van der Waals surface area (Å²) in [5.41, 5.74) is -0.850. The van der Waals surface area contributed by atoms with Crippen LogP contribution in [0.3, 0.4) is 0 Å². The number of nitrogens with one attached hydrogen (secondary N) is 1. The quantitative estimate of drug-likeness (QED) is 0.878. The molecule has 0 bridgehead atoms. The molecule has 2 rings (SSSR count). The number of hydrogen-bond donors (Lipinski definition) is 2. The first-order valence-electron chi connectivity index (χ1n) is 6.48. The van der Waals surface area contributed by atoms with E-state index >= 15 is 0 Å². The van der Waals surface area contributed by atoms with Gasteiger partial charge in [0.2, 0.25) is 0 Å². The zero-order valence-corrected chi connectivity index (χ0v) is 11.0. The summed E-state index contributed by atoms with van der Waals surface area (Å²) in [4.78, 5) is 22.9. The average Bonchev–Trinajstić information content (AvgIpc) is 3.21. The lowest BCUT2D eigenvalue weighted by molar-refractivity contribution is -0.139. The lowest BCUT2D eigenvalue weighted by Gasteiger charge is -2.14. The molecule has 7 heteroatoms. The van der Waals surface area contributed by atoms with Gasteiger partial charge in [0, 0.05) is 5.56 Å². The maximum atomic E-state index is 12.4. The molecule has 2 N–H and O–H groups in total. The van der Waals surface area contributed by atoms with Crippen molar-refractivity contribution in [2.45, 2.75) is 31.5 Å². The molecule has 1 aliphatic rings. The van der Waals surface area contributed by atoms with E-state index in [1.807, 2.05) is 0 Å². The van der Waals surface area contributed by atoms with Gasteiger partial charge in [-0.3, -0.25) is 4.79 Å². The molecule has 0 heterocycles. The number of carbonyl (C=O) groups excluding carboxylic acids is 1. The normalized spacial score (nSPS) is 16.3. The van der Waals surface area contributed by atoms with E-state index in [0.29, 0.717) is 12.3 Å². The van der Waals surface area contributed by atoms with Gasteiger partial charge in [0.05, 0.1) is 5.56 Å². The summed E-state index contributed by atoms with van der Waals surface area (Å²) in [7, 11) is 0. The topological polar surface area (TPSA) is 66.4 Å². The van der Waals surface area contributed by atoms with E-state index in [1.54, 1.807) is 0 Å². The third kappa shape index (κ3) is 4.21. The molecule has 0 unspecified atom stereocenters. The third-order valence-corrected chi connectivity index (χ3v) is 3.34. The van der Waals surface area contributed by atoms with Gasteiger partial charge in [-0.15, -0.1) is 0 Å². The first-order valence-corrected chi connectivity index (χ1v) is 6.48. The lowest BCUT2D eigenvalue weighted by Crippen LogP contribution is -2.41. The van der Waals surface area contributed by atoms with Crippen molar-refractivity contribution in [2.75, 3.05) is 0 Å². The van der Waals surface area contributed by atoms with Crippen LogP contribution in [0, 0.1) is 5.92 Å². The molecule has 0 saturated heterocycles. The zero-order chi connectivity index (χ0) is 15.6. The molecule has 114 valence electrons. The van der Waals surface area contributed by atoms with Crippen LogP contribution in [0.4, 0.5) is 13.2 Å². The molecular formula is C14H14F3NO3. The molecule has 4 nitrogen and oxygen atoms in total. The van der Waals surface area contributed by atoms with Crippen molar-refractivity contribution >= 4 is 11.9 Å². The number of halogens is 3. The van der Waals surface area contributed by atoms with Gasteiger partial charge in [-0.05, 0) is 36.6 Å². The molecule has 0 aromatic heterocycles. The molecule has 1 aromatic rings. The minimum atomic E-state index is -4.47. The van der Waals surface area contributed by atoms with E-state index in [2.05, 4.69) is 5.32 Å². The fraction of sp³-hybridized carbons (Fsp3) is 0.429. The van der Waals surface area contributed by atoms with Crippen LogP contribution in [0.2, 0.25) is 0 Å². The standard InChI is InChI=1S/C14H14F3NO3/c15-14(16,17)10-5-3-9(4-6-10)12(19)18-11(13(20)21)7-8-1-2-8/h3-6,8,11H,1-2,7H2,(H,18,19)(H,20,21)/t11-/m1/s1. The Morgan fingerprint density at radius 3 is 2.24 bits per heavy atom. The molecule has 1 saturated carbocycles. The highest BCUT2D eigenvalue weighted by atomic mass is 19.4. The molecule has 0 aliphatic heterocycles. The van der Waals surface area contributed by atoms with Gasteiger partial charge >= 0.3 is 12.1 Å². The summed E-state index contributed by atoms with van der Waals surface area (Å²) >= 11 is 0. The number of hydrogen-bond acceptors (Lipinski definition) is 2. The molecule has 1 aliphatic carbocycles. The first kappa shape index (κ1) is 15.3. The maximum Gasteiger partial charge on any atom is 0.416 e. The number of alkyl halides is 3. The SMILES string of the molecule is O=C(N[C@H](CC1CC1)C(=O)O)c1ccc(C(F)(F)F)cc1. The van der Waals surface area contributed by atoms with Crippen LogP contribution < -0.4 is 5.32 Å². The molecule has 1 atom stereocenters. The number of rotatable bonds is 5. The van der Waals surface area contributed by atoms with Gasteiger partial charge in [-0.2, -0.15) is 13.2 Å². The third-order valence-electron chi connectivity index (χ3n) is 3.34. The average molecular weight is 301 g/mol. The molecule has 1 amide bonds. The van der Waals surface area contributed by atoms with Crippen LogP contribution in [0.1, 0.15) is 35.2 Å². The molecule has 0 spiro atoms. The number of amides is 1. The van der Waals surface area contributed by atoms with Gasteiger partial charge in [0.25, 0.3) is 5.91 Å². The minimum Gasteiger partial charge on any atom is -0.480 e. The van der Waals surface area contributed by atoms with Crippen LogP contribution in [-0.4, -0.2) is 23.0 Å². The van der Waals surface area contributed by atoms with E-state index in [-0.39, 0.29) is 5.56 Å². The number of carboxylic acids is 1. The molecule has 0 radical (unpaired) electrons. The van der Waals surface area contributed by atoms with Crippen LogP contribution in [-0.2, 0) is 11.0 Å².